The number of aryl methyl sites for hydroxylation is 4. The van der Waals surface area contributed by atoms with Crippen molar-refractivity contribution in [3.63, 3.8) is 0 Å². The van der Waals surface area contributed by atoms with Crippen LogP contribution in [-0.2, 0) is 36.8 Å². The van der Waals surface area contributed by atoms with Crippen molar-refractivity contribution in [1.29, 1.82) is 0 Å². The number of rotatable bonds is 4. The van der Waals surface area contributed by atoms with E-state index >= 15 is 0 Å². The third-order valence-electron chi connectivity index (χ3n) is 2.73. The van der Waals surface area contributed by atoms with Crippen molar-refractivity contribution in [3.8, 4) is 0 Å². The molecule has 0 saturated carbocycles. The molecule has 8 nitrogen and oxygen atoms in total. The quantitative estimate of drug-likeness (QED) is 0.463. The molecule has 0 saturated heterocycles. The molecule has 0 aromatic carbocycles. The highest BCUT2D eigenvalue weighted by Crippen LogP contribution is 1.75. The van der Waals surface area contributed by atoms with Gasteiger partial charge in [0.05, 0.1) is 39.1 Å². The Hall–Kier alpha value is -2.90. The summed E-state index contributed by atoms with van der Waals surface area (Å²) in [4.78, 5) is 18.8. The standard InChI is InChI=1S/2C6H11N2.C4H4O4/c2*1-3-8-5-4-7(2)6-8;5-3(6)1-2-4(7)8/h2*4-6H,3H2,1-2H3;1-2H,(H,5,6)(H,7,8)/q2*+1;/p-2. The van der Waals surface area contributed by atoms with Crippen molar-refractivity contribution in [2.75, 3.05) is 0 Å². The van der Waals surface area contributed by atoms with Crippen molar-refractivity contribution < 1.29 is 28.9 Å². The normalized spacial score (nSPS) is 9.67. The van der Waals surface area contributed by atoms with Gasteiger partial charge in [-0.15, -0.1) is 0 Å². The molecule has 2 aromatic heterocycles. The minimum atomic E-state index is -1.55. The van der Waals surface area contributed by atoms with E-state index in [0.717, 1.165) is 13.1 Å². The van der Waals surface area contributed by atoms with Crippen LogP contribution in [0.3, 0.4) is 0 Å². The maximum atomic E-state index is 9.41. The van der Waals surface area contributed by atoms with Crippen LogP contribution in [0.4, 0.5) is 0 Å². The first kappa shape index (κ1) is 21.1. The summed E-state index contributed by atoms with van der Waals surface area (Å²) in [5.74, 6) is -3.09. The second kappa shape index (κ2) is 11.6. The number of carbonyl (C=O) groups excluding carboxylic acids is 2. The number of imidazole rings is 2. The third kappa shape index (κ3) is 10.8. The molecule has 0 spiro atoms. The second-order valence-electron chi connectivity index (χ2n) is 4.79. The van der Waals surface area contributed by atoms with E-state index in [1.807, 2.05) is 35.6 Å². The Labute approximate surface area is 141 Å². The number of carboxylic acid groups (broad SMARTS) is 2. The zero-order chi connectivity index (χ0) is 18.5. The molecule has 0 N–H and O–H groups in total. The predicted octanol–water partition coefficient (Wildman–Crippen LogP) is -2.29. The summed E-state index contributed by atoms with van der Waals surface area (Å²) in [6.45, 7) is 6.36. The molecule has 0 atom stereocenters. The average molecular weight is 336 g/mol. The lowest BCUT2D eigenvalue weighted by molar-refractivity contribution is -0.693. The lowest BCUT2D eigenvalue weighted by Crippen LogP contribution is -2.28. The van der Waals surface area contributed by atoms with E-state index in [9.17, 15) is 19.8 Å². The molecule has 132 valence electrons. The number of hydrogen-bond acceptors (Lipinski definition) is 4. The van der Waals surface area contributed by atoms with E-state index in [0.29, 0.717) is 12.2 Å². The molecule has 0 fully saturated rings. The third-order valence-corrected chi connectivity index (χ3v) is 2.73. The van der Waals surface area contributed by atoms with Gasteiger partial charge in [-0.05, 0) is 26.0 Å². The van der Waals surface area contributed by atoms with Crippen LogP contribution in [0.1, 0.15) is 13.8 Å². The Morgan fingerprint density at radius 3 is 1.33 bits per heavy atom. The molecule has 0 aliphatic carbocycles. The predicted molar refractivity (Wildman–Crippen MR) is 81.7 cm³/mol. The summed E-state index contributed by atoms with van der Waals surface area (Å²) in [5.41, 5.74) is 0. The van der Waals surface area contributed by atoms with Gasteiger partial charge in [0.1, 0.15) is 24.8 Å². The second-order valence-corrected chi connectivity index (χ2v) is 4.79. The highest BCUT2D eigenvalue weighted by atomic mass is 16.4. The van der Waals surface area contributed by atoms with E-state index in [4.69, 9.17) is 0 Å². The molecule has 0 bridgehead atoms. The molecule has 2 heterocycles. The van der Waals surface area contributed by atoms with Crippen LogP contribution in [0.5, 0.6) is 0 Å². The molecule has 0 aliphatic heterocycles. The average Bonchev–Trinajstić information content (AvgIpc) is 3.14. The number of nitrogens with zero attached hydrogens (tertiary/aromatic N) is 4. The van der Waals surface area contributed by atoms with Crippen LogP contribution >= 0.6 is 0 Å². The van der Waals surface area contributed by atoms with Crippen LogP contribution in [-0.4, -0.2) is 21.1 Å². The molecule has 0 aliphatic rings. The Kier molecular flexibility index (Phi) is 10.2. The molecular formula is C16H24N4O4. The number of hydrogen-bond donors (Lipinski definition) is 0. The summed E-state index contributed by atoms with van der Waals surface area (Å²) in [6, 6.07) is 0. The molecular weight excluding hydrogens is 312 g/mol. The Morgan fingerprint density at radius 2 is 1.21 bits per heavy atom. The Morgan fingerprint density at radius 1 is 0.875 bits per heavy atom. The zero-order valence-corrected chi connectivity index (χ0v) is 14.5. The molecule has 8 heteroatoms. The maximum Gasteiger partial charge on any atom is 0.243 e. The SMILES string of the molecule is CC[n+]1ccn(C)c1.CC[n+]1ccn(C)c1.O=C([O-])C=CC(=O)[O-]. The number of carboxylic acids is 2. The first-order valence-electron chi connectivity index (χ1n) is 7.40. The Balaban J connectivity index is 0.000000331. The minimum absolute atomic E-state index is 0.384. The fourth-order valence-corrected chi connectivity index (χ4v) is 1.51. The van der Waals surface area contributed by atoms with Crippen molar-refractivity contribution in [1.82, 2.24) is 9.13 Å². The monoisotopic (exact) mass is 336 g/mol. The van der Waals surface area contributed by atoms with Crippen molar-refractivity contribution in [2.45, 2.75) is 26.9 Å². The molecule has 2 rings (SSSR count). The zero-order valence-electron chi connectivity index (χ0n) is 14.5. The molecule has 0 amide bonds. The van der Waals surface area contributed by atoms with Crippen LogP contribution in [0.15, 0.2) is 49.6 Å². The van der Waals surface area contributed by atoms with Gasteiger partial charge in [0, 0.05) is 0 Å². The lowest BCUT2D eigenvalue weighted by atomic mass is 10.5. The maximum absolute atomic E-state index is 9.41. The van der Waals surface area contributed by atoms with E-state index in [2.05, 4.69) is 48.0 Å². The molecule has 2 aromatic rings. The summed E-state index contributed by atoms with van der Waals surface area (Å²) < 4.78 is 8.31. The van der Waals surface area contributed by atoms with Crippen molar-refractivity contribution in [2.24, 2.45) is 14.1 Å². The summed E-state index contributed by atoms with van der Waals surface area (Å²) in [7, 11) is 4.04. The molecule has 0 unspecified atom stereocenters. The number of aliphatic carboxylic acids is 2. The highest BCUT2D eigenvalue weighted by Gasteiger charge is 1.93. The van der Waals surface area contributed by atoms with Gasteiger partial charge in [0.25, 0.3) is 0 Å². The largest absolute Gasteiger partial charge is 0.545 e. The highest BCUT2D eigenvalue weighted by molar-refractivity contribution is 5.87. The van der Waals surface area contributed by atoms with Crippen LogP contribution in [0.25, 0.3) is 0 Å². The van der Waals surface area contributed by atoms with Gasteiger partial charge in [-0.3, -0.25) is 0 Å². The van der Waals surface area contributed by atoms with Gasteiger partial charge >= 0.3 is 0 Å². The summed E-state index contributed by atoms with van der Waals surface area (Å²) >= 11 is 0. The van der Waals surface area contributed by atoms with Gasteiger partial charge in [0.15, 0.2) is 0 Å². The topological polar surface area (TPSA) is 97.9 Å². The fourth-order valence-electron chi connectivity index (χ4n) is 1.51. The number of aromatic nitrogens is 4. The summed E-state index contributed by atoms with van der Waals surface area (Å²) in [5, 5.41) is 18.8. The van der Waals surface area contributed by atoms with Crippen LogP contribution in [0.2, 0.25) is 0 Å². The van der Waals surface area contributed by atoms with Gasteiger partial charge < -0.3 is 19.8 Å². The summed E-state index contributed by atoms with van der Waals surface area (Å²) in [6.07, 6.45) is 13.1. The Bertz CT molecular complexity index is 602. The number of carbonyl (C=O) groups is 2. The van der Waals surface area contributed by atoms with E-state index in [1.54, 1.807) is 0 Å². The first-order valence-corrected chi connectivity index (χ1v) is 7.40. The molecule has 0 radical (unpaired) electrons. The smallest absolute Gasteiger partial charge is 0.243 e. The van der Waals surface area contributed by atoms with Gasteiger partial charge in [-0.25, -0.2) is 18.3 Å². The van der Waals surface area contributed by atoms with Gasteiger partial charge in [0.2, 0.25) is 12.7 Å². The fraction of sp³-hybridized carbons (Fsp3) is 0.375. The van der Waals surface area contributed by atoms with E-state index in [1.165, 1.54) is 0 Å². The first-order chi connectivity index (χ1) is 11.3. The van der Waals surface area contributed by atoms with Gasteiger partial charge in [-0.1, -0.05) is 0 Å². The van der Waals surface area contributed by atoms with Crippen molar-refractivity contribution >= 4 is 11.9 Å². The lowest BCUT2D eigenvalue weighted by Gasteiger charge is -1.90. The van der Waals surface area contributed by atoms with E-state index < -0.39 is 11.9 Å². The molecule has 24 heavy (non-hydrogen) atoms. The van der Waals surface area contributed by atoms with Crippen LogP contribution < -0.4 is 19.3 Å². The van der Waals surface area contributed by atoms with E-state index in [-0.39, 0.29) is 0 Å². The van der Waals surface area contributed by atoms with Crippen LogP contribution in [0, 0.1) is 0 Å². The van der Waals surface area contributed by atoms with Crippen molar-refractivity contribution in [3.05, 3.63) is 49.6 Å². The minimum Gasteiger partial charge on any atom is -0.545 e. The van der Waals surface area contributed by atoms with Gasteiger partial charge in [-0.2, -0.15) is 0 Å².